The van der Waals surface area contributed by atoms with Crippen LogP contribution in [-0.2, 0) is 4.74 Å². The molecule has 0 radical (unpaired) electrons. The summed E-state index contributed by atoms with van der Waals surface area (Å²) >= 11 is 0. The number of nitrogens with zero attached hydrogens (tertiary/aromatic N) is 3. The van der Waals surface area contributed by atoms with Crippen LogP contribution in [0.5, 0.6) is 0 Å². The zero-order valence-corrected chi connectivity index (χ0v) is 18.3. The van der Waals surface area contributed by atoms with Gasteiger partial charge in [0.25, 0.3) is 0 Å². The zero-order valence-electron chi connectivity index (χ0n) is 18.3. The quantitative estimate of drug-likeness (QED) is 0.230. The minimum atomic E-state index is -0.514. The van der Waals surface area contributed by atoms with Crippen molar-refractivity contribution in [1.29, 1.82) is 0 Å². The van der Waals surface area contributed by atoms with Crippen LogP contribution >= 0.6 is 0 Å². The fourth-order valence-electron chi connectivity index (χ4n) is 2.88. The third-order valence-corrected chi connectivity index (χ3v) is 4.70. The van der Waals surface area contributed by atoms with Gasteiger partial charge in [0.15, 0.2) is 5.76 Å². The molecule has 1 atom stereocenters. The third kappa shape index (κ3) is 8.50. The highest BCUT2D eigenvalue weighted by Gasteiger charge is 2.08. The van der Waals surface area contributed by atoms with Crippen LogP contribution in [0.1, 0.15) is 48.7 Å². The molecular weight excluding hydrogens is 388 g/mol. The molecule has 6 nitrogen and oxygen atoms in total. The summed E-state index contributed by atoms with van der Waals surface area (Å²) in [5.74, 6) is 3.05. The van der Waals surface area contributed by atoms with Crippen LogP contribution in [-0.4, -0.2) is 48.7 Å². The Hall–Kier alpha value is -3.35. The molecule has 6 heteroatoms. The highest BCUT2D eigenvalue weighted by molar-refractivity contribution is 5.93. The molecule has 0 saturated carbocycles. The summed E-state index contributed by atoms with van der Waals surface area (Å²) in [4.78, 5) is 22.0. The topological polar surface area (TPSA) is 80.8 Å². The molecule has 31 heavy (non-hydrogen) atoms. The zero-order chi connectivity index (χ0) is 22.5. The number of primary amides is 1. The van der Waals surface area contributed by atoms with Crippen molar-refractivity contribution in [2.45, 2.75) is 32.6 Å². The molecule has 1 aliphatic heterocycles. The largest absolute Gasteiger partial charge is 0.484 e. The number of hydrogen-bond donors (Lipinski definition) is 1. The van der Waals surface area contributed by atoms with Crippen molar-refractivity contribution in [3.8, 4) is 12.3 Å². The summed E-state index contributed by atoms with van der Waals surface area (Å²) in [6, 6.07) is 3.13. The number of pyridine rings is 1. The lowest BCUT2D eigenvalue weighted by molar-refractivity contribution is 0.1000. The van der Waals surface area contributed by atoms with Crippen molar-refractivity contribution in [1.82, 2.24) is 9.88 Å². The number of terminal acetylenes is 1. The smallest absolute Gasteiger partial charge is 0.248 e. The lowest BCUT2D eigenvalue weighted by Gasteiger charge is -2.17. The SMILES string of the molecule is C#CC(/C=C\CCC)CCN(C)CCCOC1=C=C=C(c2cc(C(N)=O)ccn2)N=C1. The first-order chi connectivity index (χ1) is 15.0. The fourth-order valence-corrected chi connectivity index (χ4v) is 2.88. The lowest BCUT2D eigenvalue weighted by Crippen LogP contribution is -2.23. The molecule has 2 N–H and O–H groups in total. The van der Waals surface area contributed by atoms with E-state index in [-0.39, 0.29) is 5.92 Å². The van der Waals surface area contributed by atoms with Gasteiger partial charge in [-0.05, 0) is 56.5 Å². The molecule has 0 spiro atoms. The first-order valence-electron chi connectivity index (χ1n) is 10.5. The first kappa shape index (κ1) is 23.9. The number of nitrogens with two attached hydrogens (primary N) is 1. The molecule has 2 rings (SSSR count). The minimum Gasteiger partial charge on any atom is -0.484 e. The Morgan fingerprint density at radius 1 is 1.42 bits per heavy atom. The van der Waals surface area contributed by atoms with Crippen LogP contribution in [0.4, 0.5) is 0 Å². The van der Waals surface area contributed by atoms with Crippen molar-refractivity contribution in [2.75, 3.05) is 26.7 Å². The molecule has 1 unspecified atom stereocenters. The second-order valence-corrected chi connectivity index (χ2v) is 7.30. The summed E-state index contributed by atoms with van der Waals surface area (Å²) < 4.78 is 5.71. The average molecular weight is 419 g/mol. The number of unbranched alkanes of at least 4 members (excludes halogenated alkanes) is 1. The number of carbonyl (C=O) groups is 1. The Morgan fingerprint density at radius 3 is 2.94 bits per heavy atom. The maximum absolute atomic E-state index is 11.3. The molecule has 0 saturated heterocycles. The molecule has 1 aromatic heterocycles. The van der Waals surface area contributed by atoms with E-state index in [4.69, 9.17) is 16.9 Å². The van der Waals surface area contributed by atoms with Gasteiger partial charge in [0.05, 0.1) is 18.5 Å². The average Bonchev–Trinajstić information content (AvgIpc) is 2.79. The number of ether oxygens (including phenoxy) is 1. The fraction of sp³-hybridized carbons (Fsp3) is 0.400. The van der Waals surface area contributed by atoms with Crippen LogP contribution in [0.25, 0.3) is 5.70 Å². The van der Waals surface area contributed by atoms with Crippen LogP contribution < -0.4 is 5.73 Å². The second kappa shape index (κ2) is 13.1. The minimum absolute atomic E-state index is 0.193. The van der Waals surface area contributed by atoms with Crippen molar-refractivity contribution in [2.24, 2.45) is 16.6 Å². The molecule has 1 aliphatic rings. The predicted octanol–water partition coefficient (Wildman–Crippen LogP) is 3.58. The van der Waals surface area contributed by atoms with Crippen LogP contribution in [0.2, 0.25) is 0 Å². The second-order valence-electron chi connectivity index (χ2n) is 7.30. The number of carbonyl (C=O) groups excluding carboxylic acids is 1. The lowest BCUT2D eigenvalue weighted by atomic mass is 10.1. The van der Waals surface area contributed by atoms with Gasteiger partial charge in [0.2, 0.25) is 5.91 Å². The Balaban J connectivity index is 1.77. The monoisotopic (exact) mass is 418 g/mol. The summed E-state index contributed by atoms with van der Waals surface area (Å²) in [5.41, 5.74) is 12.5. The van der Waals surface area contributed by atoms with Crippen LogP contribution in [0.15, 0.2) is 52.7 Å². The molecular formula is C25H30N4O2. The van der Waals surface area contributed by atoms with E-state index < -0.39 is 5.91 Å². The van der Waals surface area contributed by atoms with Crippen molar-refractivity contribution in [3.05, 3.63) is 59.0 Å². The van der Waals surface area contributed by atoms with Crippen molar-refractivity contribution in [3.63, 3.8) is 0 Å². The molecule has 0 bridgehead atoms. The third-order valence-electron chi connectivity index (χ3n) is 4.70. The van der Waals surface area contributed by atoms with E-state index in [1.807, 2.05) is 0 Å². The molecule has 1 aromatic rings. The highest BCUT2D eigenvalue weighted by Crippen LogP contribution is 2.15. The Kier molecular flexibility index (Phi) is 10.1. The summed E-state index contributed by atoms with van der Waals surface area (Å²) in [5, 5.41) is 0. The summed E-state index contributed by atoms with van der Waals surface area (Å²) in [7, 11) is 2.09. The standard InChI is InChI=1S/C25H30N4O2/c1-4-6-7-9-20(5-2)13-16-29(3)15-8-17-31-22-10-11-23(28-19-22)24-18-21(25(26)30)12-14-27-24/h2,7,9,12,14,18-20H,4,6,8,13,15-17H2,1,3H3,(H2,26,30)/b9-7-. The summed E-state index contributed by atoms with van der Waals surface area (Å²) in [6.07, 6.45) is 17.1. The molecule has 0 aliphatic carbocycles. The summed E-state index contributed by atoms with van der Waals surface area (Å²) in [6.45, 7) is 4.57. The van der Waals surface area contributed by atoms with E-state index in [0.717, 1.165) is 38.8 Å². The van der Waals surface area contributed by atoms with Crippen LogP contribution in [0, 0.1) is 18.3 Å². The number of amides is 1. The van der Waals surface area contributed by atoms with Gasteiger partial charge >= 0.3 is 0 Å². The number of allylic oxidation sites excluding steroid dienone is 3. The highest BCUT2D eigenvalue weighted by atomic mass is 16.5. The Bertz CT molecular complexity index is 958. The number of aromatic nitrogens is 1. The van der Waals surface area contributed by atoms with E-state index in [0.29, 0.717) is 29.3 Å². The van der Waals surface area contributed by atoms with Gasteiger partial charge in [0, 0.05) is 24.2 Å². The first-order valence-corrected chi connectivity index (χ1v) is 10.5. The Labute approximate surface area is 184 Å². The Morgan fingerprint density at radius 2 is 2.26 bits per heavy atom. The van der Waals surface area contributed by atoms with E-state index in [2.05, 4.69) is 58.4 Å². The molecule has 2 heterocycles. The van der Waals surface area contributed by atoms with Gasteiger partial charge in [-0.15, -0.1) is 6.42 Å². The van der Waals surface area contributed by atoms with Crippen molar-refractivity contribution >= 4 is 17.8 Å². The number of aliphatic imine (C=N–C) groups is 1. The van der Waals surface area contributed by atoms with Crippen LogP contribution in [0.3, 0.4) is 0 Å². The maximum atomic E-state index is 11.3. The van der Waals surface area contributed by atoms with Gasteiger partial charge in [-0.2, -0.15) is 0 Å². The molecule has 162 valence electrons. The number of hydrogen-bond acceptors (Lipinski definition) is 5. The van der Waals surface area contributed by atoms with Gasteiger partial charge in [0.1, 0.15) is 5.70 Å². The van der Waals surface area contributed by atoms with E-state index >= 15 is 0 Å². The molecule has 0 aromatic carbocycles. The van der Waals surface area contributed by atoms with Crippen molar-refractivity contribution < 1.29 is 9.53 Å². The maximum Gasteiger partial charge on any atom is 0.248 e. The van der Waals surface area contributed by atoms with Gasteiger partial charge in [-0.25, -0.2) is 4.99 Å². The van der Waals surface area contributed by atoms with E-state index in [1.54, 1.807) is 18.3 Å². The predicted molar refractivity (Wildman–Crippen MR) is 124 cm³/mol. The van der Waals surface area contributed by atoms with E-state index in [1.165, 1.54) is 6.20 Å². The van der Waals surface area contributed by atoms with Gasteiger partial charge in [-0.1, -0.05) is 31.4 Å². The van der Waals surface area contributed by atoms with Gasteiger partial charge < -0.3 is 15.4 Å². The number of rotatable bonds is 13. The van der Waals surface area contributed by atoms with E-state index in [9.17, 15) is 4.79 Å². The molecule has 0 fully saturated rings. The normalized spacial score (nSPS) is 13.7. The molecule has 1 amide bonds. The van der Waals surface area contributed by atoms with Gasteiger partial charge in [-0.3, -0.25) is 9.78 Å².